The van der Waals surface area contributed by atoms with Crippen LogP contribution in [0.2, 0.25) is 0 Å². The van der Waals surface area contributed by atoms with Crippen molar-refractivity contribution in [1.82, 2.24) is 0 Å². The Morgan fingerprint density at radius 1 is 1.41 bits per heavy atom. The highest BCUT2D eigenvalue weighted by molar-refractivity contribution is 5.45. The fourth-order valence-electron chi connectivity index (χ4n) is 1.40. The first-order valence-corrected chi connectivity index (χ1v) is 5.20. The molecule has 93 valence electrons. The molecule has 1 radical (unpaired) electrons. The smallest absolute Gasteiger partial charge is 0.419 e. The van der Waals surface area contributed by atoms with E-state index in [0.29, 0.717) is 11.5 Å². The molecule has 1 aromatic carbocycles. The first-order chi connectivity index (χ1) is 7.90. The SMILES string of the molecule is C=C[C](C)c1ccc(OCC)c(C(F)(F)F)c1. The molecule has 17 heavy (non-hydrogen) atoms. The van der Waals surface area contributed by atoms with Crippen molar-refractivity contribution in [2.75, 3.05) is 6.61 Å². The van der Waals surface area contributed by atoms with Gasteiger partial charge < -0.3 is 4.74 Å². The van der Waals surface area contributed by atoms with Gasteiger partial charge in [0.1, 0.15) is 5.75 Å². The molecule has 1 nitrogen and oxygen atoms in total. The molecule has 0 heterocycles. The number of halogens is 3. The number of ether oxygens (including phenoxy) is 1. The summed E-state index contributed by atoms with van der Waals surface area (Å²) in [4.78, 5) is 0. The highest BCUT2D eigenvalue weighted by atomic mass is 19.4. The monoisotopic (exact) mass is 243 g/mol. The van der Waals surface area contributed by atoms with E-state index in [4.69, 9.17) is 4.74 Å². The maximum absolute atomic E-state index is 12.8. The molecule has 0 saturated carbocycles. The zero-order valence-electron chi connectivity index (χ0n) is 9.77. The normalized spacial score (nSPS) is 11.6. The topological polar surface area (TPSA) is 9.23 Å². The Labute approximate surface area is 98.9 Å². The molecule has 1 aromatic rings. The predicted molar refractivity (Wildman–Crippen MR) is 60.8 cm³/mol. The number of hydrogen-bond acceptors (Lipinski definition) is 1. The van der Waals surface area contributed by atoms with Crippen LogP contribution in [0.25, 0.3) is 0 Å². The van der Waals surface area contributed by atoms with Crippen LogP contribution in [0.5, 0.6) is 5.75 Å². The molecule has 4 heteroatoms. The molecule has 0 aliphatic rings. The zero-order chi connectivity index (χ0) is 13.1. The van der Waals surface area contributed by atoms with Gasteiger partial charge in [-0.3, -0.25) is 0 Å². The second-order valence-electron chi connectivity index (χ2n) is 3.53. The van der Waals surface area contributed by atoms with Gasteiger partial charge in [0, 0.05) is 5.92 Å². The van der Waals surface area contributed by atoms with Gasteiger partial charge in [0.25, 0.3) is 0 Å². The Morgan fingerprint density at radius 2 is 2.06 bits per heavy atom. The van der Waals surface area contributed by atoms with Crippen LogP contribution in [0, 0.1) is 5.92 Å². The third kappa shape index (κ3) is 3.25. The molecule has 0 aliphatic carbocycles. The second-order valence-corrected chi connectivity index (χ2v) is 3.53. The summed E-state index contributed by atoms with van der Waals surface area (Å²) in [6.07, 6.45) is -2.89. The lowest BCUT2D eigenvalue weighted by molar-refractivity contribution is -0.138. The van der Waals surface area contributed by atoms with E-state index in [1.54, 1.807) is 19.9 Å². The minimum absolute atomic E-state index is 0.138. The van der Waals surface area contributed by atoms with Crippen LogP contribution in [0.15, 0.2) is 30.9 Å². The lowest BCUT2D eigenvalue weighted by atomic mass is 9.98. The summed E-state index contributed by atoms with van der Waals surface area (Å²) in [5.74, 6) is 0.555. The van der Waals surface area contributed by atoms with Crippen molar-refractivity contribution in [2.24, 2.45) is 0 Å². The van der Waals surface area contributed by atoms with Gasteiger partial charge in [-0.05, 0) is 24.6 Å². The van der Waals surface area contributed by atoms with Crippen LogP contribution in [0.4, 0.5) is 13.2 Å². The Hall–Kier alpha value is -1.45. The van der Waals surface area contributed by atoms with Gasteiger partial charge in [0.05, 0.1) is 12.2 Å². The Kier molecular flexibility index (Phi) is 4.21. The highest BCUT2D eigenvalue weighted by Crippen LogP contribution is 2.37. The second kappa shape index (κ2) is 5.25. The van der Waals surface area contributed by atoms with Gasteiger partial charge in [-0.25, -0.2) is 0 Å². The van der Waals surface area contributed by atoms with Gasteiger partial charge >= 0.3 is 6.18 Å². The molecule has 0 unspecified atom stereocenters. The number of rotatable bonds is 4. The number of alkyl halides is 3. The van der Waals surface area contributed by atoms with Crippen molar-refractivity contribution >= 4 is 0 Å². The van der Waals surface area contributed by atoms with E-state index in [9.17, 15) is 13.2 Å². The van der Waals surface area contributed by atoms with E-state index in [-0.39, 0.29) is 12.4 Å². The van der Waals surface area contributed by atoms with Crippen molar-refractivity contribution in [3.63, 3.8) is 0 Å². The average molecular weight is 243 g/mol. The van der Waals surface area contributed by atoms with Crippen molar-refractivity contribution in [3.05, 3.63) is 47.9 Å². The molecule has 0 spiro atoms. The predicted octanol–water partition coefficient (Wildman–Crippen LogP) is 4.23. The minimum Gasteiger partial charge on any atom is -0.493 e. The summed E-state index contributed by atoms with van der Waals surface area (Å²) in [7, 11) is 0. The zero-order valence-corrected chi connectivity index (χ0v) is 9.77. The van der Waals surface area contributed by atoms with E-state index < -0.39 is 11.7 Å². The van der Waals surface area contributed by atoms with Crippen LogP contribution in [0.1, 0.15) is 25.0 Å². The molecule has 0 bridgehead atoms. The highest BCUT2D eigenvalue weighted by Gasteiger charge is 2.34. The van der Waals surface area contributed by atoms with Crippen LogP contribution in [0.3, 0.4) is 0 Å². The van der Waals surface area contributed by atoms with E-state index in [1.807, 2.05) is 0 Å². The van der Waals surface area contributed by atoms with Crippen LogP contribution >= 0.6 is 0 Å². The molecular weight excluding hydrogens is 229 g/mol. The molecule has 0 N–H and O–H groups in total. The summed E-state index contributed by atoms with van der Waals surface area (Å²) < 4.78 is 43.4. The molecule has 0 aliphatic heterocycles. The summed E-state index contributed by atoms with van der Waals surface area (Å²) >= 11 is 0. The van der Waals surface area contributed by atoms with Gasteiger partial charge in [-0.1, -0.05) is 19.1 Å². The van der Waals surface area contributed by atoms with Crippen molar-refractivity contribution in [2.45, 2.75) is 20.0 Å². The van der Waals surface area contributed by atoms with Gasteiger partial charge in [0.2, 0.25) is 0 Å². The van der Waals surface area contributed by atoms with Crippen LogP contribution in [-0.4, -0.2) is 6.61 Å². The van der Waals surface area contributed by atoms with E-state index in [1.165, 1.54) is 12.1 Å². The van der Waals surface area contributed by atoms with E-state index >= 15 is 0 Å². The first kappa shape index (κ1) is 13.6. The molecule has 1 rings (SSSR count). The Morgan fingerprint density at radius 3 is 2.53 bits per heavy atom. The summed E-state index contributed by atoms with van der Waals surface area (Å²) in [5, 5.41) is 0. The lowest BCUT2D eigenvalue weighted by Crippen LogP contribution is -2.09. The van der Waals surface area contributed by atoms with Crippen molar-refractivity contribution in [1.29, 1.82) is 0 Å². The third-order valence-electron chi connectivity index (χ3n) is 2.35. The Balaban J connectivity index is 3.24. The molecule has 0 saturated heterocycles. The van der Waals surface area contributed by atoms with Crippen LogP contribution in [-0.2, 0) is 6.18 Å². The molecule has 0 amide bonds. The third-order valence-corrected chi connectivity index (χ3v) is 2.35. The van der Waals surface area contributed by atoms with E-state index in [2.05, 4.69) is 6.58 Å². The fraction of sp³-hybridized carbons (Fsp3) is 0.308. The molecule has 0 atom stereocenters. The van der Waals surface area contributed by atoms with Crippen molar-refractivity contribution < 1.29 is 17.9 Å². The van der Waals surface area contributed by atoms with Gasteiger partial charge in [-0.2, -0.15) is 13.2 Å². The van der Waals surface area contributed by atoms with E-state index in [0.717, 1.165) is 6.07 Å². The van der Waals surface area contributed by atoms with Gasteiger partial charge in [-0.15, -0.1) is 6.58 Å². The molecule has 0 fully saturated rings. The quantitative estimate of drug-likeness (QED) is 0.768. The molecule has 0 aromatic heterocycles. The average Bonchev–Trinajstić information content (AvgIpc) is 2.27. The van der Waals surface area contributed by atoms with Gasteiger partial charge in [0.15, 0.2) is 0 Å². The van der Waals surface area contributed by atoms with Crippen molar-refractivity contribution in [3.8, 4) is 5.75 Å². The first-order valence-electron chi connectivity index (χ1n) is 5.20. The summed E-state index contributed by atoms with van der Waals surface area (Å²) in [6, 6.07) is 4.02. The maximum Gasteiger partial charge on any atom is 0.419 e. The fourth-order valence-corrected chi connectivity index (χ4v) is 1.40. The number of allylic oxidation sites excluding steroid dienone is 1. The minimum atomic E-state index is -4.41. The maximum atomic E-state index is 12.8. The molecular formula is C13H14F3O. The largest absolute Gasteiger partial charge is 0.493 e. The number of hydrogen-bond donors (Lipinski definition) is 0. The summed E-state index contributed by atoms with van der Waals surface area (Å²) in [6.45, 7) is 7.10. The number of benzene rings is 1. The Bertz CT molecular complexity index is 396. The lowest BCUT2D eigenvalue weighted by Gasteiger charge is -2.15. The summed E-state index contributed by atoms with van der Waals surface area (Å²) in [5.41, 5.74) is -0.256. The van der Waals surface area contributed by atoms with Crippen LogP contribution < -0.4 is 4.74 Å². The standard InChI is InChI=1S/C13H14F3O/c1-4-9(3)10-6-7-12(17-5-2)11(8-10)13(14,15)16/h4,6-8H,1,5H2,2-3H3.